The summed E-state index contributed by atoms with van der Waals surface area (Å²) < 4.78 is 22.6. The Morgan fingerprint density at radius 1 is 1.29 bits per heavy atom. The minimum Gasteiger partial charge on any atom is -0.353 e. The average molecular weight is 266 g/mol. The minimum absolute atomic E-state index is 0.0602. The molecule has 2 heterocycles. The molecule has 17 heavy (non-hydrogen) atoms. The van der Waals surface area contributed by atoms with Crippen LogP contribution < -0.4 is 5.32 Å². The SMILES string of the molecule is CO[C@H]1O[C@@H](CNCCCl)[C@H]2OC(C)(C)O[C@@H]12. The molecule has 0 aromatic carbocycles. The van der Waals surface area contributed by atoms with Gasteiger partial charge < -0.3 is 24.3 Å². The lowest BCUT2D eigenvalue weighted by atomic mass is 10.1. The average Bonchev–Trinajstić information content (AvgIpc) is 2.73. The van der Waals surface area contributed by atoms with Gasteiger partial charge in [-0.2, -0.15) is 0 Å². The molecule has 5 nitrogen and oxygen atoms in total. The molecule has 2 fully saturated rings. The highest BCUT2D eigenvalue weighted by Gasteiger charge is 2.55. The summed E-state index contributed by atoms with van der Waals surface area (Å²) >= 11 is 5.62. The Bertz CT molecular complexity index is 264. The summed E-state index contributed by atoms with van der Waals surface area (Å²) in [6.07, 6.45) is -0.657. The third-order valence-corrected chi connectivity index (χ3v) is 3.15. The van der Waals surface area contributed by atoms with E-state index in [4.69, 9.17) is 30.5 Å². The van der Waals surface area contributed by atoms with Gasteiger partial charge in [0, 0.05) is 26.1 Å². The molecule has 0 aromatic rings. The number of fused-ring (bicyclic) bond motifs is 1. The number of ether oxygens (including phenoxy) is 4. The summed E-state index contributed by atoms with van der Waals surface area (Å²) in [5.74, 6) is 0.0119. The van der Waals surface area contributed by atoms with Gasteiger partial charge in [0.2, 0.25) is 0 Å². The van der Waals surface area contributed by atoms with Crippen LogP contribution in [0.3, 0.4) is 0 Å². The van der Waals surface area contributed by atoms with Gasteiger partial charge >= 0.3 is 0 Å². The normalized spacial score (nSPS) is 39.5. The highest BCUT2D eigenvalue weighted by atomic mass is 35.5. The molecule has 2 aliphatic rings. The van der Waals surface area contributed by atoms with E-state index in [2.05, 4.69) is 5.32 Å². The highest BCUT2D eigenvalue weighted by molar-refractivity contribution is 6.18. The summed E-state index contributed by atoms with van der Waals surface area (Å²) in [6, 6.07) is 0. The number of alkyl halides is 1. The van der Waals surface area contributed by atoms with Crippen molar-refractivity contribution < 1.29 is 18.9 Å². The fourth-order valence-corrected chi connectivity index (χ4v) is 2.44. The lowest BCUT2D eigenvalue weighted by Crippen LogP contribution is -2.38. The first-order valence-corrected chi connectivity index (χ1v) is 6.41. The second kappa shape index (κ2) is 5.38. The van der Waals surface area contributed by atoms with Gasteiger partial charge in [0.15, 0.2) is 12.1 Å². The number of hydrogen-bond donors (Lipinski definition) is 1. The molecule has 1 N–H and O–H groups in total. The molecule has 6 heteroatoms. The van der Waals surface area contributed by atoms with Crippen LogP contribution >= 0.6 is 11.6 Å². The molecule has 0 saturated carbocycles. The zero-order valence-corrected chi connectivity index (χ0v) is 11.2. The first-order chi connectivity index (χ1) is 8.07. The highest BCUT2D eigenvalue weighted by Crippen LogP contribution is 2.38. The Morgan fingerprint density at radius 3 is 2.65 bits per heavy atom. The number of methoxy groups -OCH3 is 1. The Balaban J connectivity index is 1.95. The van der Waals surface area contributed by atoms with E-state index in [9.17, 15) is 0 Å². The van der Waals surface area contributed by atoms with Gasteiger partial charge in [-0.25, -0.2) is 0 Å². The lowest BCUT2D eigenvalue weighted by molar-refractivity contribution is -0.226. The summed E-state index contributed by atoms with van der Waals surface area (Å²) in [6.45, 7) is 5.25. The van der Waals surface area contributed by atoms with Crippen LogP contribution in [0.4, 0.5) is 0 Å². The zero-order chi connectivity index (χ0) is 12.5. The molecule has 0 unspecified atom stereocenters. The predicted octanol–water partition coefficient (Wildman–Crippen LogP) is 0.706. The maximum absolute atomic E-state index is 5.85. The summed E-state index contributed by atoms with van der Waals surface area (Å²) in [7, 11) is 1.62. The van der Waals surface area contributed by atoms with Crippen molar-refractivity contribution in [2.75, 3.05) is 26.1 Å². The van der Waals surface area contributed by atoms with E-state index in [1.165, 1.54) is 0 Å². The topological polar surface area (TPSA) is 49.0 Å². The van der Waals surface area contributed by atoms with Crippen molar-refractivity contribution >= 4 is 11.6 Å². The lowest BCUT2D eigenvalue weighted by Gasteiger charge is -2.23. The second-order valence-corrected chi connectivity index (χ2v) is 5.11. The third-order valence-electron chi connectivity index (χ3n) is 2.96. The largest absolute Gasteiger partial charge is 0.353 e. The quantitative estimate of drug-likeness (QED) is 0.586. The molecule has 100 valence electrons. The molecule has 4 atom stereocenters. The molecule has 0 bridgehead atoms. The van der Waals surface area contributed by atoms with E-state index in [-0.39, 0.29) is 24.6 Å². The maximum Gasteiger partial charge on any atom is 0.186 e. The van der Waals surface area contributed by atoms with Gasteiger partial charge in [0.25, 0.3) is 0 Å². The number of hydrogen-bond acceptors (Lipinski definition) is 5. The molecule has 0 radical (unpaired) electrons. The van der Waals surface area contributed by atoms with Gasteiger partial charge in [0.1, 0.15) is 18.3 Å². The van der Waals surface area contributed by atoms with Crippen LogP contribution in [0.5, 0.6) is 0 Å². The summed E-state index contributed by atoms with van der Waals surface area (Å²) in [5, 5.41) is 3.21. The fourth-order valence-electron chi connectivity index (χ4n) is 2.31. The first-order valence-electron chi connectivity index (χ1n) is 5.88. The molecular formula is C11H20ClNO4. The van der Waals surface area contributed by atoms with Crippen LogP contribution in [-0.4, -0.2) is 56.5 Å². The van der Waals surface area contributed by atoms with Crippen molar-refractivity contribution in [1.29, 1.82) is 0 Å². The monoisotopic (exact) mass is 265 g/mol. The van der Waals surface area contributed by atoms with Crippen LogP contribution in [0.2, 0.25) is 0 Å². The van der Waals surface area contributed by atoms with Crippen LogP contribution in [-0.2, 0) is 18.9 Å². The van der Waals surface area contributed by atoms with Crippen molar-refractivity contribution in [3.8, 4) is 0 Å². The van der Waals surface area contributed by atoms with Gasteiger partial charge in [-0.15, -0.1) is 11.6 Å². The van der Waals surface area contributed by atoms with Crippen molar-refractivity contribution in [2.45, 2.75) is 44.2 Å². The third kappa shape index (κ3) is 2.92. The van der Waals surface area contributed by atoms with Crippen LogP contribution in [0, 0.1) is 0 Å². The van der Waals surface area contributed by atoms with E-state index in [1.54, 1.807) is 7.11 Å². The molecule has 0 aromatic heterocycles. The standard InChI is InChI=1S/C11H20ClNO4/c1-11(2)16-8-7(6-13-5-4-12)15-10(14-3)9(8)17-11/h7-10,13H,4-6H2,1-3H3/t7-,8+,9+,10-/m0/s1. The Labute approximate surface area is 107 Å². The van der Waals surface area contributed by atoms with Gasteiger partial charge in [0.05, 0.1) is 0 Å². The van der Waals surface area contributed by atoms with Gasteiger partial charge in [-0.1, -0.05) is 0 Å². The second-order valence-electron chi connectivity index (χ2n) is 4.74. The smallest absolute Gasteiger partial charge is 0.186 e. The number of halogens is 1. The van der Waals surface area contributed by atoms with E-state index in [1.807, 2.05) is 13.8 Å². The Kier molecular flexibility index (Phi) is 4.28. The van der Waals surface area contributed by atoms with Gasteiger partial charge in [-0.3, -0.25) is 0 Å². The minimum atomic E-state index is -0.569. The summed E-state index contributed by atoms with van der Waals surface area (Å²) in [4.78, 5) is 0. The molecular weight excluding hydrogens is 246 g/mol. The molecule has 0 spiro atoms. The van der Waals surface area contributed by atoms with Crippen molar-refractivity contribution in [3.05, 3.63) is 0 Å². The maximum atomic E-state index is 5.85. The van der Waals surface area contributed by atoms with E-state index >= 15 is 0 Å². The van der Waals surface area contributed by atoms with Crippen LogP contribution in [0.15, 0.2) is 0 Å². The Morgan fingerprint density at radius 2 is 2.00 bits per heavy atom. The number of nitrogens with one attached hydrogen (secondary N) is 1. The van der Waals surface area contributed by atoms with Crippen molar-refractivity contribution in [2.24, 2.45) is 0 Å². The molecule has 2 rings (SSSR count). The Hall–Kier alpha value is 0.0900. The zero-order valence-electron chi connectivity index (χ0n) is 10.4. The van der Waals surface area contributed by atoms with E-state index in [0.29, 0.717) is 12.4 Å². The molecule has 0 aliphatic carbocycles. The van der Waals surface area contributed by atoms with E-state index in [0.717, 1.165) is 6.54 Å². The van der Waals surface area contributed by atoms with Crippen LogP contribution in [0.25, 0.3) is 0 Å². The predicted molar refractivity (Wildman–Crippen MR) is 63.1 cm³/mol. The molecule has 0 amide bonds. The first kappa shape index (κ1) is 13.5. The van der Waals surface area contributed by atoms with Crippen LogP contribution in [0.1, 0.15) is 13.8 Å². The molecule has 2 saturated heterocycles. The van der Waals surface area contributed by atoms with Crippen molar-refractivity contribution in [1.82, 2.24) is 5.32 Å². The summed E-state index contributed by atoms with van der Waals surface area (Å²) in [5.41, 5.74) is 0. The number of rotatable bonds is 5. The van der Waals surface area contributed by atoms with E-state index < -0.39 is 5.79 Å². The van der Waals surface area contributed by atoms with Crippen molar-refractivity contribution in [3.63, 3.8) is 0 Å². The van der Waals surface area contributed by atoms with Gasteiger partial charge in [-0.05, 0) is 13.8 Å². The molecule has 2 aliphatic heterocycles. The fraction of sp³-hybridized carbons (Fsp3) is 1.00.